The first-order chi connectivity index (χ1) is 10.5. The van der Waals surface area contributed by atoms with Gasteiger partial charge in [0.1, 0.15) is 5.75 Å². The summed E-state index contributed by atoms with van der Waals surface area (Å²) in [4.78, 5) is 1.37. The molecular formula is C16H19NO3S2. The minimum atomic E-state index is -3.56. The largest absolute Gasteiger partial charge is 0.497 e. The minimum absolute atomic E-state index is 0.223. The second-order valence-corrected chi connectivity index (χ2v) is 7.39. The van der Waals surface area contributed by atoms with E-state index in [9.17, 15) is 8.42 Å². The third kappa shape index (κ3) is 4.03. The summed E-state index contributed by atoms with van der Waals surface area (Å²) in [5.41, 5.74) is 0.926. The van der Waals surface area contributed by atoms with Crippen molar-refractivity contribution in [2.45, 2.75) is 22.8 Å². The van der Waals surface area contributed by atoms with Crippen LogP contribution < -0.4 is 9.46 Å². The fourth-order valence-corrected chi connectivity index (χ4v) is 3.66. The molecule has 0 heterocycles. The molecule has 0 aliphatic carbocycles. The van der Waals surface area contributed by atoms with Crippen molar-refractivity contribution in [3.63, 3.8) is 0 Å². The second kappa shape index (κ2) is 7.17. The molecule has 0 unspecified atom stereocenters. The van der Waals surface area contributed by atoms with Gasteiger partial charge in [-0.1, -0.05) is 12.1 Å². The summed E-state index contributed by atoms with van der Waals surface area (Å²) in [5, 5.41) is 0. The van der Waals surface area contributed by atoms with Crippen molar-refractivity contribution in [2.24, 2.45) is 0 Å². The van der Waals surface area contributed by atoms with Crippen LogP contribution in [0.15, 0.2) is 58.3 Å². The first-order valence-electron chi connectivity index (χ1n) is 6.76. The van der Waals surface area contributed by atoms with Crippen LogP contribution in [0.2, 0.25) is 0 Å². The van der Waals surface area contributed by atoms with Gasteiger partial charge in [0.15, 0.2) is 0 Å². The van der Waals surface area contributed by atoms with Crippen LogP contribution in [0, 0.1) is 0 Å². The molecule has 118 valence electrons. The fourth-order valence-electron chi connectivity index (χ4n) is 2.02. The molecule has 2 rings (SSSR count). The molecule has 0 saturated heterocycles. The summed E-state index contributed by atoms with van der Waals surface area (Å²) in [7, 11) is -2.02. The normalized spacial score (nSPS) is 12.9. The van der Waals surface area contributed by atoms with E-state index in [-0.39, 0.29) is 10.9 Å². The molecule has 4 nitrogen and oxygen atoms in total. The number of hydrogen-bond acceptors (Lipinski definition) is 4. The topological polar surface area (TPSA) is 55.4 Å². The lowest BCUT2D eigenvalue weighted by atomic mass is 10.1. The predicted octanol–water partition coefficient (Wildman–Crippen LogP) is 3.46. The molecule has 22 heavy (non-hydrogen) atoms. The maximum atomic E-state index is 12.4. The fraction of sp³-hybridized carbons (Fsp3) is 0.250. The average molecular weight is 337 g/mol. The van der Waals surface area contributed by atoms with Gasteiger partial charge in [-0.25, -0.2) is 13.1 Å². The van der Waals surface area contributed by atoms with Crippen LogP contribution in [0.1, 0.15) is 18.5 Å². The van der Waals surface area contributed by atoms with Gasteiger partial charge in [0, 0.05) is 10.9 Å². The standard InChI is InChI=1S/C16H19NO3S2/c1-12(13-4-8-15(21-3)9-5-13)17-22(18,19)16-10-6-14(20-2)7-11-16/h4-12,17H,1-3H3/t12-/m1/s1. The number of rotatable bonds is 6. The first kappa shape index (κ1) is 16.9. The Labute approximate surface area is 135 Å². The van der Waals surface area contributed by atoms with Crippen LogP contribution in [0.25, 0.3) is 0 Å². The molecule has 0 amide bonds. The first-order valence-corrected chi connectivity index (χ1v) is 9.47. The van der Waals surface area contributed by atoms with E-state index >= 15 is 0 Å². The van der Waals surface area contributed by atoms with Crippen molar-refractivity contribution in [1.82, 2.24) is 4.72 Å². The Morgan fingerprint density at radius 1 is 1.05 bits per heavy atom. The van der Waals surface area contributed by atoms with Gasteiger partial charge in [0.2, 0.25) is 10.0 Å². The highest BCUT2D eigenvalue weighted by Gasteiger charge is 2.18. The van der Waals surface area contributed by atoms with E-state index in [2.05, 4.69) is 4.72 Å². The molecule has 0 spiro atoms. The molecule has 0 aromatic heterocycles. The van der Waals surface area contributed by atoms with Crippen LogP contribution in [0.3, 0.4) is 0 Å². The molecule has 6 heteroatoms. The van der Waals surface area contributed by atoms with Crippen molar-refractivity contribution in [2.75, 3.05) is 13.4 Å². The number of methoxy groups -OCH3 is 1. The summed E-state index contributed by atoms with van der Waals surface area (Å²) < 4.78 is 32.5. The maximum Gasteiger partial charge on any atom is 0.241 e. The SMILES string of the molecule is COc1ccc(S(=O)(=O)N[C@H](C)c2ccc(SC)cc2)cc1. The van der Waals surface area contributed by atoms with E-state index in [1.165, 1.54) is 12.1 Å². The van der Waals surface area contributed by atoms with Gasteiger partial charge >= 0.3 is 0 Å². The smallest absolute Gasteiger partial charge is 0.241 e. The molecule has 0 aliphatic rings. The summed E-state index contributed by atoms with van der Waals surface area (Å²) in [6, 6.07) is 13.9. The molecule has 2 aromatic rings. The zero-order chi connectivity index (χ0) is 16.2. The average Bonchev–Trinajstić information content (AvgIpc) is 2.54. The Hall–Kier alpha value is -1.50. The van der Waals surface area contributed by atoms with Gasteiger partial charge < -0.3 is 4.74 Å². The molecular weight excluding hydrogens is 318 g/mol. The van der Waals surface area contributed by atoms with E-state index in [4.69, 9.17) is 4.74 Å². The molecule has 0 aliphatic heterocycles. The van der Waals surface area contributed by atoms with Gasteiger partial charge in [0.05, 0.1) is 12.0 Å². The molecule has 0 radical (unpaired) electrons. The van der Waals surface area contributed by atoms with E-state index < -0.39 is 10.0 Å². The molecule has 2 aromatic carbocycles. The predicted molar refractivity (Wildman–Crippen MR) is 90.0 cm³/mol. The summed E-state index contributed by atoms with van der Waals surface area (Å²) in [6.45, 7) is 1.83. The Balaban J connectivity index is 2.15. The highest BCUT2D eigenvalue weighted by molar-refractivity contribution is 7.98. The molecule has 0 fully saturated rings. The zero-order valence-electron chi connectivity index (χ0n) is 12.7. The van der Waals surface area contributed by atoms with E-state index in [0.717, 1.165) is 10.5 Å². The van der Waals surface area contributed by atoms with Crippen LogP contribution in [-0.4, -0.2) is 21.8 Å². The lowest BCUT2D eigenvalue weighted by Gasteiger charge is -2.15. The summed E-state index contributed by atoms with van der Waals surface area (Å²) in [5.74, 6) is 0.625. The Bertz CT molecular complexity index is 710. The maximum absolute atomic E-state index is 12.4. The molecule has 0 saturated carbocycles. The Morgan fingerprint density at radius 3 is 2.14 bits per heavy atom. The number of nitrogens with one attached hydrogen (secondary N) is 1. The van der Waals surface area contributed by atoms with Gasteiger partial charge in [0.25, 0.3) is 0 Å². The Morgan fingerprint density at radius 2 is 1.64 bits per heavy atom. The lowest BCUT2D eigenvalue weighted by molar-refractivity contribution is 0.414. The quantitative estimate of drug-likeness (QED) is 0.820. The van der Waals surface area contributed by atoms with Gasteiger partial charge in [-0.15, -0.1) is 11.8 Å². The number of sulfonamides is 1. The van der Waals surface area contributed by atoms with Crippen molar-refractivity contribution in [3.8, 4) is 5.75 Å². The number of benzene rings is 2. The molecule has 1 N–H and O–H groups in total. The van der Waals surface area contributed by atoms with Crippen LogP contribution in [0.4, 0.5) is 0 Å². The minimum Gasteiger partial charge on any atom is -0.497 e. The molecule has 0 bridgehead atoms. The summed E-state index contributed by atoms with van der Waals surface area (Å²) >= 11 is 1.65. The van der Waals surface area contributed by atoms with Gasteiger partial charge in [-0.3, -0.25) is 0 Å². The third-order valence-corrected chi connectivity index (χ3v) is 5.62. The van der Waals surface area contributed by atoms with E-state index in [0.29, 0.717) is 5.75 Å². The van der Waals surface area contributed by atoms with Gasteiger partial charge in [-0.05, 0) is 55.1 Å². The lowest BCUT2D eigenvalue weighted by Crippen LogP contribution is -2.26. The van der Waals surface area contributed by atoms with Gasteiger partial charge in [-0.2, -0.15) is 0 Å². The monoisotopic (exact) mass is 337 g/mol. The third-order valence-electron chi connectivity index (χ3n) is 3.32. The van der Waals surface area contributed by atoms with Crippen molar-refractivity contribution < 1.29 is 13.2 Å². The highest BCUT2D eigenvalue weighted by atomic mass is 32.2. The van der Waals surface area contributed by atoms with Crippen molar-refractivity contribution in [3.05, 3.63) is 54.1 Å². The number of thioether (sulfide) groups is 1. The second-order valence-electron chi connectivity index (χ2n) is 4.79. The highest BCUT2D eigenvalue weighted by Crippen LogP contribution is 2.21. The summed E-state index contributed by atoms with van der Waals surface area (Å²) in [6.07, 6.45) is 2.00. The number of ether oxygens (including phenoxy) is 1. The van der Waals surface area contributed by atoms with Crippen molar-refractivity contribution in [1.29, 1.82) is 0 Å². The van der Waals surface area contributed by atoms with Crippen LogP contribution in [0.5, 0.6) is 5.75 Å². The van der Waals surface area contributed by atoms with Crippen LogP contribution in [-0.2, 0) is 10.0 Å². The Kier molecular flexibility index (Phi) is 5.50. The van der Waals surface area contributed by atoms with E-state index in [1.807, 2.05) is 37.4 Å². The number of hydrogen-bond donors (Lipinski definition) is 1. The molecule has 1 atom stereocenters. The van der Waals surface area contributed by atoms with Crippen LogP contribution >= 0.6 is 11.8 Å². The van der Waals surface area contributed by atoms with Crippen molar-refractivity contribution >= 4 is 21.8 Å². The van der Waals surface area contributed by atoms with E-state index in [1.54, 1.807) is 31.0 Å². The zero-order valence-corrected chi connectivity index (χ0v) is 14.4.